The molecule has 3 aromatic rings. The standard InChI is InChI=1S/C16H18F3N7S.HI/c1-2-20-15(21-7-6-14-23-11(10-27-14)16(17,18)19)22-9-13-25-24-12-5-3-4-8-26(12)13;/h3-5,8,10H,2,6-7,9H2,1H3,(H2,20,21,22);1H. The van der Waals surface area contributed by atoms with E-state index in [2.05, 4.69) is 30.8 Å². The minimum atomic E-state index is -4.40. The molecule has 0 spiro atoms. The van der Waals surface area contributed by atoms with E-state index in [4.69, 9.17) is 0 Å². The summed E-state index contributed by atoms with van der Waals surface area (Å²) in [4.78, 5) is 8.07. The molecule has 3 aromatic heterocycles. The Bertz CT molecular complexity index is 922. The second kappa shape index (κ2) is 10.0. The maximum Gasteiger partial charge on any atom is 0.434 e. The van der Waals surface area contributed by atoms with E-state index < -0.39 is 11.9 Å². The van der Waals surface area contributed by atoms with Gasteiger partial charge in [-0.15, -0.1) is 45.5 Å². The first kappa shape index (κ1) is 22.3. The molecule has 3 rings (SSSR count). The molecule has 0 bridgehead atoms. The zero-order valence-electron chi connectivity index (χ0n) is 14.9. The van der Waals surface area contributed by atoms with E-state index in [1.165, 1.54) is 0 Å². The average molecular weight is 525 g/mol. The number of aliphatic imine (C=N–C) groups is 1. The topological polar surface area (TPSA) is 79.5 Å². The first-order chi connectivity index (χ1) is 13.0. The molecule has 0 unspecified atom stereocenters. The molecule has 7 nitrogen and oxygen atoms in total. The molecule has 2 N–H and O–H groups in total. The maximum absolute atomic E-state index is 12.6. The highest BCUT2D eigenvalue weighted by molar-refractivity contribution is 14.0. The summed E-state index contributed by atoms with van der Waals surface area (Å²) < 4.78 is 39.6. The van der Waals surface area contributed by atoms with Crippen molar-refractivity contribution in [1.82, 2.24) is 30.2 Å². The fourth-order valence-corrected chi connectivity index (χ4v) is 3.14. The normalized spacial score (nSPS) is 12.1. The predicted octanol–water partition coefficient (Wildman–Crippen LogP) is 3.12. The third-order valence-corrected chi connectivity index (χ3v) is 4.49. The van der Waals surface area contributed by atoms with E-state index in [1.807, 2.05) is 35.7 Å². The van der Waals surface area contributed by atoms with Gasteiger partial charge in [0, 0.05) is 31.1 Å². The number of rotatable bonds is 6. The van der Waals surface area contributed by atoms with Gasteiger partial charge in [0.25, 0.3) is 0 Å². The van der Waals surface area contributed by atoms with E-state index >= 15 is 0 Å². The molecule has 0 aromatic carbocycles. The van der Waals surface area contributed by atoms with Crippen LogP contribution in [-0.4, -0.2) is 38.6 Å². The van der Waals surface area contributed by atoms with Crippen LogP contribution in [0.25, 0.3) is 5.65 Å². The Labute approximate surface area is 180 Å². The smallest absolute Gasteiger partial charge is 0.357 e. The summed E-state index contributed by atoms with van der Waals surface area (Å²) in [5.74, 6) is 1.25. The lowest BCUT2D eigenvalue weighted by Crippen LogP contribution is -2.38. The van der Waals surface area contributed by atoms with Crippen LogP contribution in [0.4, 0.5) is 13.2 Å². The van der Waals surface area contributed by atoms with Crippen molar-refractivity contribution in [3.63, 3.8) is 0 Å². The van der Waals surface area contributed by atoms with Crippen molar-refractivity contribution < 1.29 is 13.2 Å². The van der Waals surface area contributed by atoms with Crippen LogP contribution < -0.4 is 10.6 Å². The van der Waals surface area contributed by atoms with Gasteiger partial charge in [-0.1, -0.05) is 6.07 Å². The van der Waals surface area contributed by atoms with Crippen molar-refractivity contribution in [1.29, 1.82) is 0 Å². The van der Waals surface area contributed by atoms with Crippen LogP contribution in [0.15, 0.2) is 34.8 Å². The molecule has 0 atom stereocenters. The van der Waals surface area contributed by atoms with Crippen LogP contribution >= 0.6 is 35.3 Å². The summed E-state index contributed by atoms with van der Waals surface area (Å²) in [5.41, 5.74) is -0.105. The van der Waals surface area contributed by atoms with E-state index in [0.717, 1.165) is 22.4 Å². The van der Waals surface area contributed by atoms with Gasteiger partial charge in [0.15, 0.2) is 23.1 Å². The summed E-state index contributed by atoms with van der Waals surface area (Å²) in [6.45, 7) is 3.31. The molecule has 0 saturated heterocycles. The Morgan fingerprint density at radius 3 is 2.79 bits per heavy atom. The van der Waals surface area contributed by atoms with Gasteiger partial charge in [-0.05, 0) is 19.1 Å². The van der Waals surface area contributed by atoms with Crippen molar-refractivity contribution in [2.75, 3.05) is 13.1 Å². The number of halogens is 4. The quantitative estimate of drug-likeness (QED) is 0.294. The van der Waals surface area contributed by atoms with Gasteiger partial charge in [0.2, 0.25) is 0 Å². The van der Waals surface area contributed by atoms with Gasteiger partial charge in [-0.2, -0.15) is 13.2 Å². The van der Waals surface area contributed by atoms with Gasteiger partial charge < -0.3 is 10.6 Å². The lowest BCUT2D eigenvalue weighted by atomic mass is 10.4. The summed E-state index contributed by atoms with van der Waals surface area (Å²) in [6.07, 6.45) is -2.17. The fourth-order valence-electron chi connectivity index (χ4n) is 2.33. The number of fused-ring (bicyclic) bond motifs is 1. The predicted molar refractivity (Wildman–Crippen MR) is 112 cm³/mol. The Morgan fingerprint density at radius 2 is 2.07 bits per heavy atom. The highest BCUT2D eigenvalue weighted by Crippen LogP contribution is 2.29. The van der Waals surface area contributed by atoms with Crippen LogP contribution in [0.5, 0.6) is 0 Å². The first-order valence-electron chi connectivity index (χ1n) is 8.30. The molecule has 0 radical (unpaired) electrons. The molecule has 3 heterocycles. The zero-order valence-corrected chi connectivity index (χ0v) is 18.0. The summed E-state index contributed by atoms with van der Waals surface area (Å²) >= 11 is 1.00. The molecule has 28 heavy (non-hydrogen) atoms. The number of hydrogen-bond acceptors (Lipinski definition) is 5. The molecule has 0 fully saturated rings. The van der Waals surface area contributed by atoms with E-state index in [0.29, 0.717) is 42.8 Å². The number of pyridine rings is 1. The zero-order chi connectivity index (χ0) is 19.3. The van der Waals surface area contributed by atoms with Gasteiger partial charge in [-0.25, -0.2) is 9.98 Å². The highest BCUT2D eigenvalue weighted by atomic mass is 127. The number of hydrogen-bond donors (Lipinski definition) is 2. The molecular formula is C16H19F3IN7S. The van der Waals surface area contributed by atoms with Crippen molar-refractivity contribution >= 4 is 46.9 Å². The maximum atomic E-state index is 12.6. The largest absolute Gasteiger partial charge is 0.434 e. The molecule has 0 aliphatic carbocycles. The van der Waals surface area contributed by atoms with Crippen LogP contribution in [0, 0.1) is 0 Å². The fraction of sp³-hybridized carbons (Fsp3) is 0.375. The van der Waals surface area contributed by atoms with Crippen LogP contribution in [0.1, 0.15) is 23.4 Å². The lowest BCUT2D eigenvalue weighted by molar-refractivity contribution is -0.140. The van der Waals surface area contributed by atoms with Crippen LogP contribution in [-0.2, 0) is 19.1 Å². The van der Waals surface area contributed by atoms with Crippen molar-refractivity contribution in [2.24, 2.45) is 4.99 Å². The van der Waals surface area contributed by atoms with Gasteiger partial charge in [-0.3, -0.25) is 4.40 Å². The van der Waals surface area contributed by atoms with Crippen LogP contribution in [0.3, 0.4) is 0 Å². The summed E-state index contributed by atoms with van der Waals surface area (Å²) in [7, 11) is 0. The van der Waals surface area contributed by atoms with E-state index in [9.17, 15) is 13.2 Å². The third kappa shape index (κ3) is 5.77. The number of nitrogens with zero attached hydrogens (tertiary/aromatic N) is 5. The molecule has 0 aliphatic rings. The Balaban J connectivity index is 0.00000280. The molecule has 0 amide bonds. The van der Waals surface area contributed by atoms with E-state index in [1.54, 1.807) is 0 Å². The highest BCUT2D eigenvalue weighted by Gasteiger charge is 2.33. The van der Waals surface area contributed by atoms with Crippen molar-refractivity contribution in [3.05, 3.63) is 46.3 Å². The number of nitrogens with one attached hydrogen (secondary N) is 2. The summed E-state index contributed by atoms with van der Waals surface area (Å²) in [6, 6.07) is 5.62. The average Bonchev–Trinajstić information content (AvgIpc) is 3.26. The third-order valence-electron chi connectivity index (χ3n) is 3.58. The number of aromatic nitrogens is 4. The van der Waals surface area contributed by atoms with Gasteiger partial charge >= 0.3 is 6.18 Å². The van der Waals surface area contributed by atoms with Gasteiger partial charge in [0.1, 0.15) is 6.54 Å². The second-order valence-corrected chi connectivity index (χ2v) is 6.48. The lowest BCUT2D eigenvalue weighted by Gasteiger charge is -2.10. The molecule has 0 aliphatic heterocycles. The minimum Gasteiger partial charge on any atom is -0.357 e. The number of alkyl halides is 3. The first-order valence-corrected chi connectivity index (χ1v) is 9.17. The number of thiazole rings is 1. The molecular weight excluding hydrogens is 506 g/mol. The molecule has 12 heteroatoms. The van der Waals surface area contributed by atoms with E-state index in [-0.39, 0.29) is 24.0 Å². The van der Waals surface area contributed by atoms with Crippen molar-refractivity contribution in [3.8, 4) is 0 Å². The molecule has 0 saturated carbocycles. The molecule has 152 valence electrons. The van der Waals surface area contributed by atoms with Crippen LogP contribution in [0.2, 0.25) is 0 Å². The van der Waals surface area contributed by atoms with Crippen molar-refractivity contribution in [2.45, 2.75) is 26.1 Å². The number of guanidine groups is 1. The summed E-state index contributed by atoms with van der Waals surface area (Å²) in [5, 5.41) is 15.8. The second-order valence-electron chi connectivity index (χ2n) is 5.54. The Morgan fingerprint density at radius 1 is 1.25 bits per heavy atom. The van der Waals surface area contributed by atoms with Gasteiger partial charge in [0.05, 0.1) is 5.01 Å². The Hall–Kier alpha value is -1.96. The Kier molecular flexibility index (Phi) is 7.98. The SMILES string of the molecule is CCNC(=NCc1nnc2ccccn12)NCCc1nc(C(F)(F)F)cs1.I. The monoisotopic (exact) mass is 525 g/mol. The minimum absolute atomic E-state index is 0.